The van der Waals surface area contributed by atoms with Gasteiger partial charge in [0.25, 0.3) is 0 Å². The predicted molar refractivity (Wildman–Crippen MR) is 69.3 cm³/mol. The Morgan fingerprint density at radius 3 is 2.50 bits per heavy atom. The number of alkyl halides is 1. The molecule has 0 fully saturated rings. The molecule has 0 spiro atoms. The van der Waals surface area contributed by atoms with Gasteiger partial charge in [0.05, 0.1) is 13.2 Å². The predicted octanol–water partition coefficient (Wildman–Crippen LogP) is 3.03. The molecular formula is C12H17Cl2NO. The van der Waals surface area contributed by atoms with Crippen molar-refractivity contribution in [3.8, 4) is 0 Å². The van der Waals surface area contributed by atoms with Gasteiger partial charge in [-0.25, -0.2) is 0 Å². The average Bonchev–Trinajstić information content (AvgIpc) is 2.28. The Morgan fingerprint density at radius 2 is 1.88 bits per heavy atom. The van der Waals surface area contributed by atoms with Gasteiger partial charge < -0.3 is 4.74 Å². The van der Waals surface area contributed by atoms with E-state index in [-0.39, 0.29) is 0 Å². The number of benzene rings is 1. The monoisotopic (exact) mass is 261 g/mol. The number of hydrogen-bond donors (Lipinski definition) is 0. The Morgan fingerprint density at radius 1 is 1.19 bits per heavy atom. The van der Waals surface area contributed by atoms with Crippen molar-refractivity contribution in [1.29, 1.82) is 0 Å². The molecule has 1 aromatic rings. The van der Waals surface area contributed by atoms with Crippen molar-refractivity contribution in [2.24, 2.45) is 0 Å². The van der Waals surface area contributed by atoms with E-state index in [0.717, 1.165) is 24.7 Å². The van der Waals surface area contributed by atoms with Crippen LogP contribution in [0, 0.1) is 0 Å². The summed E-state index contributed by atoms with van der Waals surface area (Å²) in [6, 6.07) is 7.90. The van der Waals surface area contributed by atoms with Gasteiger partial charge in [0.1, 0.15) is 0 Å². The number of halogens is 2. The second-order valence-electron chi connectivity index (χ2n) is 3.67. The van der Waals surface area contributed by atoms with Crippen LogP contribution in [0.4, 0.5) is 0 Å². The van der Waals surface area contributed by atoms with Crippen molar-refractivity contribution in [2.45, 2.75) is 6.54 Å². The minimum absolute atomic E-state index is 0.556. The van der Waals surface area contributed by atoms with Gasteiger partial charge in [-0.15, -0.1) is 11.6 Å². The normalized spacial score (nSPS) is 11.0. The van der Waals surface area contributed by atoms with Crippen LogP contribution in [0.15, 0.2) is 24.3 Å². The standard InChI is InChI=1S/C12H17Cl2NO/c1-15(7-9-16-8-6-13)10-11-2-4-12(14)5-3-11/h2-5H,6-10H2,1H3. The molecule has 16 heavy (non-hydrogen) atoms. The number of hydrogen-bond acceptors (Lipinski definition) is 2. The summed E-state index contributed by atoms with van der Waals surface area (Å²) >= 11 is 11.3. The second-order valence-corrected chi connectivity index (χ2v) is 4.48. The quantitative estimate of drug-likeness (QED) is 0.553. The van der Waals surface area contributed by atoms with Gasteiger partial charge in [-0.3, -0.25) is 4.90 Å². The van der Waals surface area contributed by atoms with Crippen LogP contribution in [0.2, 0.25) is 5.02 Å². The highest BCUT2D eigenvalue weighted by atomic mass is 35.5. The zero-order valence-corrected chi connectivity index (χ0v) is 11.0. The van der Waals surface area contributed by atoms with Crippen LogP contribution in [0.25, 0.3) is 0 Å². The third-order valence-corrected chi connectivity index (χ3v) is 2.61. The summed E-state index contributed by atoms with van der Waals surface area (Å²) in [5, 5.41) is 0.775. The van der Waals surface area contributed by atoms with Crippen LogP contribution < -0.4 is 0 Å². The highest BCUT2D eigenvalue weighted by Crippen LogP contribution is 2.10. The molecule has 0 amide bonds. The number of nitrogens with zero attached hydrogens (tertiary/aromatic N) is 1. The molecule has 4 heteroatoms. The summed E-state index contributed by atoms with van der Waals surface area (Å²) in [6.07, 6.45) is 0. The van der Waals surface area contributed by atoms with E-state index in [0.29, 0.717) is 12.5 Å². The fourth-order valence-electron chi connectivity index (χ4n) is 1.36. The first-order chi connectivity index (χ1) is 7.72. The minimum Gasteiger partial charge on any atom is -0.379 e. The van der Waals surface area contributed by atoms with Gasteiger partial charge in [0, 0.05) is 24.0 Å². The largest absolute Gasteiger partial charge is 0.379 e. The minimum atomic E-state index is 0.556. The van der Waals surface area contributed by atoms with E-state index in [2.05, 4.69) is 11.9 Å². The molecule has 0 aromatic heterocycles. The van der Waals surface area contributed by atoms with Gasteiger partial charge in [-0.1, -0.05) is 23.7 Å². The zero-order chi connectivity index (χ0) is 11.8. The van der Waals surface area contributed by atoms with Crippen molar-refractivity contribution >= 4 is 23.2 Å². The summed E-state index contributed by atoms with van der Waals surface area (Å²) in [5.74, 6) is 0.556. The first-order valence-corrected chi connectivity index (χ1v) is 6.20. The lowest BCUT2D eigenvalue weighted by Gasteiger charge is -2.16. The summed E-state index contributed by atoms with van der Waals surface area (Å²) in [6.45, 7) is 3.15. The molecule has 0 atom stereocenters. The molecule has 0 bridgehead atoms. The van der Waals surface area contributed by atoms with E-state index in [1.807, 2.05) is 24.3 Å². The first-order valence-electron chi connectivity index (χ1n) is 5.29. The molecule has 0 saturated heterocycles. The Balaban J connectivity index is 2.23. The van der Waals surface area contributed by atoms with Crippen LogP contribution in [0.5, 0.6) is 0 Å². The lowest BCUT2D eigenvalue weighted by atomic mass is 10.2. The van der Waals surface area contributed by atoms with Crippen molar-refractivity contribution in [2.75, 3.05) is 32.7 Å². The summed E-state index contributed by atoms with van der Waals surface area (Å²) in [5.41, 5.74) is 1.25. The lowest BCUT2D eigenvalue weighted by molar-refractivity contribution is 0.122. The van der Waals surface area contributed by atoms with Crippen molar-refractivity contribution in [3.63, 3.8) is 0 Å². The van der Waals surface area contributed by atoms with Crippen molar-refractivity contribution in [1.82, 2.24) is 4.90 Å². The number of ether oxygens (including phenoxy) is 1. The molecule has 1 rings (SSSR count). The molecule has 0 aliphatic rings. The topological polar surface area (TPSA) is 12.5 Å². The van der Waals surface area contributed by atoms with Gasteiger partial charge >= 0.3 is 0 Å². The first kappa shape index (κ1) is 13.8. The number of rotatable bonds is 7. The van der Waals surface area contributed by atoms with Crippen molar-refractivity contribution < 1.29 is 4.74 Å². The van der Waals surface area contributed by atoms with E-state index in [1.165, 1.54) is 5.56 Å². The Bertz CT molecular complexity index is 290. The van der Waals surface area contributed by atoms with Gasteiger partial charge in [0.2, 0.25) is 0 Å². The summed E-state index contributed by atoms with van der Waals surface area (Å²) in [4.78, 5) is 2.21. The van der Waals surface area contributed by atoms with Crippen LogP contribution in [0.1, 0.15) is 5.56 Å². The van der Waals surface area contributed by atoms with E-state index >= 15 is 0 Å². The van der Waals surface area contributed by atoms with Crippen LogP contribution in [0.3, 0.4) is 0 Å². The molecule has 0 N–H and O–H groups in total. The molecule has 0 aliphatic carbocycles. The van der Waals surface area contributed by atoms with Crippen LogP contribution >= 0.6 is 23.2 Å². The van der Waals surface area contributed by atoms with Gasteiger partial charge in [0.15, 0.2) is 0 Å². The van der Waals surface area contributed by atoms with Gasteiger partial charge in [-0.05, 0) is 24.7 Å². The van der Waals surface area contributed by atoms with E-state index in [4.69, 9.17) is 27.9 Å². The Kier molecular flexibility index (Phi) is 6.81. The molecule has 0 saturated carbocycles. The number of likely N-dealkylation sites (N-methyl/N-ethyl adjacent to an activating group) is 1. The maximum atomic E-state index is 5.82. The van der Waals surface area contributed by atoms with E-state index in [1.54, 1.807) is 0 Å². The third kappa shape index (κ3) is 5.71. The SMILES string of the molecule is CN(CCOCCCl)Cc1ccc(Cl)cc1. The average molecular weight is 262 g/mol. The molecule has 2 nitrogen and oxygen atoms in total. The van der Waals surface area contributed by atoms with Crippen LogP contribution in [-0.2, 0) is 11.3 Å². The molecule has 0 unspecified atom stereocenters. The maximum Gasteiger partial charge on any atom is 0.0602 e. The van der Waals surface area contributed by atoms with Crippen LogP contribution in [-0.4, -0.2) is 37.6 Å². The summed E-state index contributed by atoms with van der Waals surface area (Å²) < 4.78 is 5.32. The molecule has 0 radical (unpaired) electrons. The maximum absolute atomic E-state index is 5.82. The highest BCUT2D eigenvalue weighted by Gasteiger charge is 2.00. The fourth-order valence-corrected chi connectivity index (χ4v) is 1.59. The molecule has 0 heterocycles. The van der Waals surface area contributed by atoms with E-state index < -0.39 is 0 Å². The Labute approximate surface area is 107 Å². The molecule has 1 aromatic carbocycles. The molecule has 90 valence electrons. The Hall–Kier alpha value is -0.280. The second kappa shape index (κ2) is 7.91. The highest BCUT2D eigenvalue weighted by molar-refractivity contribution is 6.30. The van der Waals surface area contributed by atoms with E-state index in [9.17, 15) is 0 Å². The third-order valence-electron chi connectivity index (χ3n) is 2.20. The fraction of sp³-hybridized carbons (Fsp3) is 0.500. The molecule has 0 aliphatic heterocycles. The molecular weight excluding hydrogens is 245 g/mol. The smallest absolute Gasteiger partial charge is 0.0602 e. The summed E-state index contributed by atoms with van der Waals surface area (Å²) in [7, 11) is 2.07. The zero-order valence-electron chi connectivity index (χ0n) is 9.46. The lowest BCUT2D eigenvalue weighted by Crippen LogP contribution is -2.23. The van der Waals surface area contributed by atoms with Crippen molar-refractivity contribution in [3.05, 3.63) is 34.9 Å². The van der Waals surface area contributed by atoms with Gasteiger partial charge in [-0.2, -0.15) is 0 Å².